The van der Waals surface area contributed by atoms with Gasteiger partial charge in [0.1, 0.15) is 11.6 Å². The summed E-state index contributed by atoms with van der Waals surface area (Å²) in [6.45, 7) is 0.558. The van der Waals surface area contributed by atoms with Gasteiger partial charge in [-0.25, -0.2) is 9.37 Å². The minimum absolute atomic E-state index is 0.262. The molecule has 0 bridgehead atoms. The second-order valence-electron chi connectivity index (χ2n) is 7.43. The molecule has 160 valence electrons. The van der Waals surface area contributed by atoms with Gasteiger partial charge in [-0.2, -0.15) is 0 Å². The molecule has 5 nitrogen and oxygen atoms in total. The Balaban J connectivity index is 1.68. The number of nitrogens with one attached hydrogen (secondary N) is 1. The number of rotatable bonds is 8. The summed E-state index contributed by atoms with van der Waals surface area (Å²) >= 11 is 0. The molecule has 0 aliphatic rings. The third-order valence-electron chi connectivity index (χ3n) is 5.23. The molecule has 4 rings (SSSR count). The second-order valence-corrected chi connectivity index (χ2v) is 7.43. The van der Waals surface area contributed by atoms with Gasteiger partial charge in [-0.3, -0.25) is 9.78 Å². The highest BCUT2D eigenvalue weighted by Crippen LogP contribution is 2.31. The number of halogens is 1. The summed E-state index contributed by atoms with van der Waals surface area (Å²) in [7, 11) is 0. The summed E-state index contributed by atoms with van der Waals surface area (Å²) in [6.07, 6.45) is 3.97. The van der Waals surface area contributed by atoms with E-state index >= 15 is 0 Å². The SMILES string of the molecule is NC(=O)C(c1cccnc1)c1ccc(-c2ccccc2)nc1NCCc1ccc(F)cc1. The molecule has 0 radical (unpaired) electrons. The number of hydrogen-bond donors (Lipinski definition) is 2. The van der Waals surface area contributed by atoms with Gasteiger partial charge in [0, 0.05) is 30.1 Å². The van der Waals surface area contributed by atoms with Crippen molar-refractivity contribution in [3.8, 4) is 11.3 Å². The van der Waals surface area contributed by atoms with Gasteiger partial charge >= 0.3 is 0 Å². The molecule has 0 saturated carbocycles. The smallest absolute Gasteiger partial charge is 0.229 e. The van der Waals surface area contributed by atoms with Crippen LogP contribution in [0.15, 0.2) is 91.3 Å². The first-order chi connectivity index (χ1) is 15.6. The minimum atomic E-state index is -0.686. The fraction of sp³-hybridized carbons (Fsp3) is 0.115. The summed E-state index contributed by atoms with van der Waals surface area (Å²) in [6, 6.07) is 23.6. The van der Waals surface area contributed by atoms with Crippen LogP contribution in [0.4, 0.5) is 10.2 Å². The Morgan fingerprint density at radius 2 is 1.75 bits per heavy atom. The van der Waals surface area contributed by atoms with Crippen LogP contribution in [0.2, 0.25) is 0 Å². The molecule has 0 saturated heterocycles. The zero-order valence-electron chi connectivity index (χ0n) is 17.4. The quantitative estimate of drug-likeness (QED) is 0.433. The molecule has 1 amide bonds. The maximum Gasteiger partial charge on any atom is 0.229 e. The normalized spacial score (nSPS) is 11.7. The molecule has 3 N–H and O–H groups in total. The molecule has 2 heterocycles. The number of carbonyl (C=O) groups excluding carboxylic acids is 1. The number of pyridine rings is 2. The first-order valence-corrected chi connectivity index (χ1v) is 10.4. The molecule has 0 aliphatic carbocycles. The summed E-state index contributed by atoms with van der Waals surface area (Å²) in [5.74, 6) is -0.841. The van der Waals surface area contributed by atoms with Crippen LogP contribution in [0.3, 0.4) is 0 Å². The van der Waals surface area contributed by atoms with Crippen LogP contribution in [0.1, 0.15) is 22.6 Å². The van der Waals surface area contributed by atoms with Gasteiger partial charge in [0.15, 0.2) is 0 Å². The Kier molecular flexibility index (Phi) is 6.51. The fourth-order valence-electron chi connectivity index (χ4n) is 3.63. The topological polar surface area (TPSA) is 80.9 Å². The van der Waals surface area contributed by atoms with E-state index in [1.807, 2.05) is 48.5 Å². The van der Waals surface area contributed by atoms with Crippen LogP contribution in [-0.2, 0) is 11.2 Å². The van der Waals surface area contributed by atoms with Crippen molar-refractivity contribution in [1.82, 2.24) is 9.97 Å². The third kappa shape index (κ3) is 4.98. The predicted octanol–water partition coefficient (Wildman–Crippen LogP) is 4.55. The average Bonchev–Trinajstić information content (AvgIpc) is 2.82. The number of hydrogen-bond acceptors (Lipinski definition) is 4. The van der Waals surface area contributed by atoms with E-state index in [1.54, 1.807) is 30.6 Å². The molecule has 2 aromatic carbocycles. The van der Waals surface area contributed by atoms with Crippen molar-refractivity contribution in [1.29, 1.82) is 0 Å². The van der Waals surface area contributed by atoms with E-state index in [1.165, 1.54) is 12.1 Å². The lowest BCUT2D eigenvalue weighted by Gasteiger charge is -2.19. The molecule has 0 spiro atoms. The highest BCUT2D eigenvalue weighted by atomic mass is 19.1. The molecular weight excluding hydrogens is 403 g/mol. The molecule has 32 heavy (non-hydrogen) atoms. The van der Waals surface area contributed by atoms with Crippen molar-refractivity contribution >= 4 is 11.7 Å². The van der Waals surface area contributed by atoms with Crippen LogP contribution in [0, 0.1) is 5.82 Å². The monoisotopic (exact) mass is 426 g/mol. The average molecular weight is 426 g/mol. The Hall–Kier alpha value is -4.06. The van der Waals surface area contributed by atoms with E-state index in [9.17, 15) is 9.18 Å². The summed E-state index contributed by atoms with van der Waals surface area (Å²) in [5, 5.41) is 3.36. The van der Waals surface area contributed by atoms with Crippen molar-refractivity contribution in [2.24, 2.45) is 5.73 Å². The zero-order chi connectivity index (χ0) is 22.3. The number of benzene rings is 2. The molecule has 4 aromatic rings. The molecule has 1 unspecified atom stereocenters. The summed E-state index contributed by atoms with van der Waals surface area (Å²) < 4.78 is 13.2. The van der Waals surface area contributed by atoms with E-state index in [2.05, 4.69) is 10.3 Å². The van der Waals surface area contributed by atoms with Crippen molar-refractivity contribution < 1.29 is 9.18 Å². The standard InChI is InChI=1S/C26H23FN4O/c27-21-10-8-18(9-11-21)14-16-30-26-22(24(25(28)32)20-7-4-15-29-17-20)12-13-23(31-26)19-5-2-1-3-6-19/h1-13,15,17,24H,14,16H2,(H2,28,32)(H,30,31). The first kappa shape index (κ1) is 21.2. The Morgan fingerprint density at radius 3 is 2.44 bits per heavy atom. The van der Waals surface area contributed by atoms with Gasteiger partial charge in [0.05, 0.1) is 11.6 Å². The molecule has 1 atom stereocenters. The van der Waals surface area contributed by atoms with Crippen LogP contribution < -0.4 is 11.1 Å². The zero-order valence-corrected chi connectivity index (χ0v) is 17.4. The number of anilines is 1. The maximum atomic E-state index is 13.2. The fourth-order valence-corrected chi connectivity index (χ4v) is 3.63. The third-order valence-corrected chi connectivity index (χ3v) is 5.23. The Labute approximate surface area is 186 Å². The lowest BCUT2D eigenvalue weighted by Crippen LogP contribution is -2.24. The van der Waals surface area contributed by atoms with E-state index in [0.717, 1.165) is 16.8 Å². The van der Waals surface area contributed by atoms with Crippen molar-refractivity contribution in [3.63, 3.8) is 0 Å². The van der Waals surface area contributed by atoms with Crippen molar-refractivity contribution in [2.75, 3.05) is 11.9 Å². The van der Waals surface area contributed by atoms with E-state index < -0.39 is 11.8 Å². The second kappa shape index (κ2) is 9.83. The van der Waals surface area contributed by atoms with Gasteiger partial charge in [0.2, 0.25) is 5.91 Å². The maximum absolute atomic E-state index is 13.2. The number of nitrogens with two attached hydrogens (primary N) is 1. The van der Waals surface area contributed by atoms with Gasteiger partial charge in [-0.1, -0.05) is 54.6 Å². The summed E-state index contributed by atoms with van der Waals surface area (Å²) in [5.41, 5.74) is 9.94. The van der Waals surface area contributed by atoms with Gasteiger partial charge in [-0.15, -0.1) is 0 Å². The van der Waals surface area contributed by atoms with Crippen molar-refractivity contribution in [3.05, 3.63) is 114 Å². The molecular formula is C26H23FN4O. The van der Waals surface area contributed by atoms with Crippen LogP contribution >= 0.6 is 0 Å². The first-order valence-electron chi connectivity index (χ1n) is 10.4. The van der Waals surface area contributed by atoms with Crippen molar-refractivity contribution in [2.45, 2.75) is 12.3 Å². The Morgan fingerprint density at radius 1 is 0.969 bits per heavy atom. The lowest BCUT2D eigenvalue weighted by molar-refractivity contribution is -0.118. The van der Waals surface area contributed by atoms with Crippen LogP contribution in [0.25, 0.3) is 11.3 Å². The van der Waals surface area contributed by atoms with E-state index in [4.69, 9.17) is 10.7 Å². The minimum Gasteiger partial charge on any atom is -0.369 e. The van der Waals surface area contributed by atoms with E-state index in [-0.39, 0.29) is 5.82 Å². The highest BCUT2D eigenvalue weighted by Gasteiger charge is 2.24. The number of primary amides is 1. The van der Waals surface area contributed by atoms with Gasteiger partial charge < -0.3 is 11.1 Å². The van der Waals surface area contributed by atoms with E-state index in [0.29, 0.717) is 29.9 Å². The number of aromatic nitrogens is 2. The molecule has 6 heteroatoms. The Bertz CT molecular complexity index is 1180. The largest absolute Gasteiger partial charge is 0.369 e. The van der Waals surface area contributed by atoms with Gasteiger partial charge in [0.25, 0.3) is 0 Å². The highest BCUT2D eigenvalue weighted by molar-refractivity contribution is 5.87. The molecule has 0 aliphatic heterocycles. The number of carbonyl (C=O) groups is 1. The van der Waals surface area contributed by atoms with Crippen LogP contribution in [0.5, 0.6) is 0 Å². The number of amides is 1. The lowest BCUT2D eigenvalue weighted by atomic mass is 9.91. The van der Waals surface area contributed by atoms with Gasteiger partial charge in [-0.05, 0) is 41.8 Å². The predicted molar refractivity (Wildman–Crippen MR) is 124 cm³/mol. The molecule has 2 aromatic heterocycles. The molecule has 0 fully saturated rings. The van der Waals surface area contributed by atoms with Crippen LogP contribution in [-0.4, -0.2) is 22.4 Å². The summed E-state index contributed by atoms with van der Waals surface area (Å²) in [4.78, 5) is 21.4. The number of nitrogens with zero attached hydrogens (tertiary/aromatic N) is 2.